The number of hydrogen-bond donors (Lipinski definition) is 0. The van der Waals surface area contributed by atoms with Gasteiger partial charge in [-0.2, -0.15) is 0 Å². The molecule has 0 unspecified atom stereocenters. The van der Waals surface area contributed by atoms with Crippen LogP contribution in [0.15, 0.2) is 60.7 Å². The topological polar surface area (TPSA) is 42.8 Å². The van der Waals surface area contributed by atoms with Gasteiger partial charge >= 0.3 is 0 Å². The van der Waals surface area contributed by atoms with Gasteiger partial charge in [-0.3, -0.25) is 0 Å². The SMILES string of the molecule is CCCCn1c(-c2cccc(Oc3ccc(C(C)(C)C)cc3)c2)nc2c(CCCCN(CC)CC)cc(OCCCN(CC)CC)cc21. The van der Waals surface area contributed by atoms with Gasteiger partial charge in [-0.1, -0.05) is 86.1 Å². The summed E-state index contributed by atoms with van der Waals surface area (Å²) in [7, 11) is 0. The predicted octanol–water partition coefficient (Wildman–Crippen LogP) is 10.4. The monoisotopic (exact) mass is 654 g/mol. The third-order valence-corrected chi connectivity index (χ3v) is 9.54. The Morgan fingerprint density at radius 2 is 1.40 bits per heavy atom. The Morgan fingerprint density at radius 3 is 2.04 bits per heavy atom. The lowest BCUT2D eigenvalue weighted by molar-refractivity contribution is 0.249. The van der Waals surface area contributed by atoms with Crippen LogP contribution in [0.4, 0.5) is 0 Å². The van der Waals surface area contributed by atoms with Crippen LogP contribution >= 0.6 is 0 Å². The molecule has 1 heterocycles. The molecule has 0 spiro atoms. The van der Waals surface area contributed by atoms with Crippen LogP contribution in [0.1, 0.15) is 98.6 Å². The maximum absolute atomic E-state index is 6.47. The van der Waals surface area contributed by atoms with Crippen molar-refractivity contribution in [1.29, 1.82) is 0 Å². The van der Waals surface area contributed by atoms with E-state index in [0.717, 1.165) is 119 Å². The molecule has 0 saturated carbocycles. The van der Waals surface area contributed by atoms with Crippen molar-refractivity contribution in [2.24, 2.45) is 0 Å². The molecule has 0 N–H and O–H groups in total. The van der Waals surface area contributed by atoms with Crippen molar-refractivity contribution >= 4 is 11.0 Å². The van der Waals surface area contributed by atoms with Crippen molar-refractivity contribution in [2.75, 3.05) is 45.9 Å². The van der Waals surface area contributed by atoms with Gasteiger partial charge in [0.05, 0.1) is 17.6 Å². The van der Waals surface area contributed by atoms with Crippen molar-refractivity contribution in [3.63, 3.8) is 0 Å². The summed E-state index contributed by atoms with van der Waals surface area (Å²) in [6.07, 6.45) is 6.52. The molecule has 0 radical (unpaired) electrons. The highest BCUT2D eigenvalue weighted by atomic mass is 16.5. The van der Waals surface area contributed by atoms with E-state index in [1.807, 2.05) is 6.07 Å². The summed E-state index contributed by atoms with van der Waals surface area (Å²) in [5, 5.41) is 0. The third-order valence-electron chi connectivity index (χ3n) is 9.54. The third kappa shape index (κ3) is 10.3. The van der Waals surface area contributed by atoms with Gasteiger partial charge in [-0.05, 0) is 112 Å². The van der Waals surface area contributed by atoms with Crippen molar-refractivity contribution in [3.05, 3.63) is 71.8 Å². The Bertz CT molecular complexity index is 1530. The largest absolute Gasteiger partial charge is 0.493 e. The Morgan fingerprint density at radius 1 is 0.708 bits per heavy atom. The summed E-state index contributed by atoms with van der Waals surface area (Å²) in [5.74, 6) is 3.62. The minimum Gasteiger partial charge on any atom is -0.493 e. The fraction of sp³-hybridized carbons (Fsp3) is 0.548. The van der Waals surface area contributed by atoms with Crippen LogP contribution in [0, 0.1) is 0 Å². The highest BCUT2D eigenvalue weighted by Crippen LogP contribution is 2.34. The van der Waals surface area contributed by atoms with Gasteiger partial charge in [0.2, 0.25) is 0 Å². The zero-order valence-corrected chi connectivity index (χ0v) is 31.3. The maximum atomic E-state index is 6.47. The molecule has 0 bridgehead atoms. The Balaban J connectivity index is 1.67. The summed E-state index contributed by atoms with van der Waals surface area (Å²) < 4.78 is 15.3. The van der Waals surface area contributed by atoms with E-state index in [1.54, 1.807) is 0 Å². The quantitative estimate of drug-likeness (QED) is 0.0888. The average molecular weight is 655 g/mol. The van der Waals surface area contributed by atoms with Gasteiger partial charge in [-0.25, -0.2) is 4.98 Å². The predicted molar refractivity (Wildman–Crippen MR) is 204 cm³/mol. The molecule has 0 fully saturated rings. The molecular weight excluding hydrogens is 592 g/mol. The molecule has 262 valence electrons. The van der Waals surface area contributed by atoms with E-state index in [0.29, 0.717) is 0 Å². The molecule has 3 aromatic carbocycles. The van der Waals surface area contributed by atoms with E-state index >= 15 is 0 Å². The number of nitrogens with zero attached hydrogens (tertiary/aromatic N) is 4. The van der Waals surface area contributed by atoms with Crippen LogP contribution in [-0.2, 0) is 18.4 Å². The Kier molecular flexibility index (Phi) is 14.4. The lowest BCUT2D eigenvalue weighted by Crippen LogP contribution is -2.25. The smallest absolute Gasteiger partial charge is 0.141 e. The van der Waals surface area contributed by atoms with Crippen molar-refractivity contribution in [3.8, 4) is 28.6 Å². The van der Waals surface area contributed by atoms with Crippen molar-refractivity contribution in [1.82, 2.24) is 19.4 Å². The minimum atomic E-state index is 0.108. The fourth-order valence-electron chi connectivity index (χ4n) is 6.37. The molecule has 6 nitrogen and oxygen atoms in total. The van der Waals surface area contributed by atoms with Crippen LogP contribution in [-0.4, -0.2) is 65.2 Å². The van der Waals surface area contributed by atoms with Gasteiger partial charge in [0.1, 0.15) is 23.1 Å². The number of unbranched alkanes of at least 4 members (excludes halogenated alkanes) is 2. The number of ether oxygens (including phenoxy) is 2. The van der Waals surface area contributed by atoms with Crippen LogP contribution < -0.4 is 9.47 Å². The molecule has 48 heavy (non-hydrogen) atoms. The molecule has 6 heteroatoms. The minimum absolute atomic E-state index is 0.108. The average Bonchev–Trinajstić information content (AvgIpc) is 3.46. The van der Waals surface area contributed by atoms with Gasteiger partial charge in [-0.15, -0.1) is 0 Å². The molecule has 0 amide bonds. The van der Waals surface area contributed by atoms with Crippen LogP contribution in [0.5, 0.6) is 17.2 Å². The number of hydrogen-bond acceptors (Lipinski definition) is 5. The first-order valence-electron chi connectivity index (χ1n) is 18.7. The van der Waals surface area contributed by atoms with Crippen LogP contribution in [0.25, 0.3) is 22.4 Å². The molecule has 0 aliphatic rings. The molecule has 4 aromatic rings. The van der Waals surface area contributed by atoms with E-state index < -0.39 is 0 Å². The van der Waals surface area contributed by atoms with E-state index in [-0.39, 0.29) is 5.41 Å². The highest BCUT2D eigenvalue weighted by Gasteiger charge is 2.18. The van der Waals surface area contributed by atoms with E-state index in [2.05, 4.69) is 124 Å². The number of aryl methyl sites for hydroxylation is 2. The van der Waals surface area contributed by atoms with Crippen molar-refractivity contribution in [2.45, 2.75) is 106 Å². The Labute approximate surface area is 291 Å². The van der Waals surface area contributed by atoms with Crippen LogP contribution in [0.2, 0.25) is 0 Å². The van der Waals surface area contributed by atoms with E-state index in [4.69, 9.17) is 14.5 Å². The van der Waals surface area contributed by atoms with Gasteiger partial charge < -0.3 is 23.8 Å². The second kappa shape index (κ2) is 18.4. The first-order chi connectivity index (χ1) is 23.2. The molecule has 4 rings (SSSR count). The number of aromatic nitrogens is 2. The summed E-state index contributed by atoms with van der Waals surface area (Å²) in [4.78, 5) is 10.4. The number of fused-ring (bicyclic) bond motifs is 1. The molecule has 0 atom stereocenters. The number of rotatable bonds is 20. The molecule has 0 saturated heterocycles. The standard InChI is InChI=1S/C42H62N4O2/c1-9-14-28-46-39-32-38(47-29-18-27-45(12-4)13-5)30-33(19-15-16-26-44(10-2)11-3)40(39)43-41(46)34-20-17-21-37(31-34)48-36-24-22-35(23-25-36)42(6,7)8/h17,20-25,30-32H,9-16,18-19,26-29H2,1-8H3. The second-order valence-corrected chi connectivity index (χ2v) is 14.0. The number of benzene rings is 3. The summed E-state index contributed by atoms with van der Waals surface area (Å²) in [6.45, 7) is 26.1. The van der Waals surface area contributed by atoms with E-state index in [9.17, 15) is 0 Å². The van der Waals surface area contributed by atoms with E-state index in [1.165, 1.54) is 23.1 Å². The first kappa shape index (κ1) is 37.5. The lowest BCUT2D eigenvalue weighted by atomic mass is 9.87. The Hall–Kier alpha value is -3.35. The fourth-order valence-corrected chi connectivity index (χ4v) is 6.37. The molecule has 1 aromatic heterocycles. The summed E-state index contributed by atoms with van der Waals surface area (Å²) in [5.41, 5.74) is 6.03. The molecule has 0 aliphatic heterocycles. The van der Waals surface area contributed by atoms with Crippen molar-refractivity contribution < 1.29 is 9.47 Å². The van der Waals surface area contributed by atoms with Crippen LogP contribution in [0.3, 0.4) is 0 Å². The molecular formula is C42H62N4O2. The normalized spacial score (nSPS) is 12.0. The van der Waals surface area contributed by atoms with Gasteiger partial charge in [0.25, 0.3) is 0 Å². The highest BCUT2D eigenvalue weighted by molar-refractivity contribution is 5.85. The first-order valence-corrected chi connectivity index (χ1v) is 18.7. The second-order valence-electron chi connectivity index (χ2n) is 14.0. The van der Waals surface area contributed by atoms with Gasteiger partial charge in [0, 0.05) is 24.7 Å². The molecule has 0 aliphatic carbocycles. The zero-order valence-electron chi connectivity index (χ0n) is 31.3. The number of imidazole rings is 1. The zero-order chi connectivity index (χ0) is 34.5. The summed E-state index contributed by atoms with van der Waals surface area (Å²) >= 11 is 0. The van der Waals surface area contributed by atoms with Gasteiger partial charge in [0.15, 0.2) is 0 Å². The summed E-state index contributed by atoms with van der Waals surface area (Å²) in [6, 6.07) is 21.4. The lowest BCUT2D eigenvalue weighted by Gasteiger charge is -2.19. The maximum Gasteiger partial charge on any atom is 0.141 e.